The molecule has 0 aliphatic carbocycles. The van der Waals surface area contributed by atoms with Crippen molar-refractivity contribution in [3.05, 3.63) is 52.8 Å². The van der Waals surface area contributed by atoms with Crippen LogP contribution >= 0.6 is 11.6 Å². The minimum absolute atomic E-state index is 0.00103. The Balaban J connectivity index is 1.76. The van der Waals surface area contributed by atoms with Crippen molar-refractivity contribution in [1.82, 2.24) is 4.72 Å². The number of hydrogen-bond acceptors (Lipinski definition) is 4. The smallest absolute Gasteiger partial charge is 0.243 e. The predicted octanol–water partition coefficient (Wildman–Crippen LogP) is 2.73. The molecule has 1 aliphatic heterocycles. The molecule has 1 aliphatic rings. The molecule has 2 aromatic rings. The lowest BCUT2D eigenvalue weighted by Gasteiger charge is -2.19. The number of fused-ring (bicyclic) bond motifs is 1. The number of rotatable bonds is 4. The summed E-state index contributed by atoms with van der Waals surface area (Å²) in [6.07, 6.45) is 0. The summed E-state index contributed by atoms with van der Waals surface area (Å²) in [5, 5.41) is 0.133. The van der Waals surface area contributed by atoms with Crippen molar-refractivity contribution in [2.75, 3.05) is 13.2 Å². The largest absolute Gasteiger partial charge is 0.486 e. The Labute approximate surface area is 138 Å². The first-order valence-corrected chi connectivity index (χ1v) is 8.65. The normalized spacial score (nSPS) is 13.8. The van der Waals surface area contributed by atoms with E-state index in [2.05, 4.69) is 4.72 Å². The van der Waals surface area contributed by atoms with Gasteiger partial charge in [0, 0.05) is 11.6 Å². The molecular weight excluding hydrogens is 345 g/mol. The molecule has 5 nitrogen and oxygen atoms in total. The van der Waals surface area contributed by atoms with E-state index in [4.69, 9.17) is 21.1 Å². The Morgan fingerprint density at radius 1 is 1.09 bits per heavy atom. The van der Waals surface area contributed by atoms with E-state index in [9.17, 15) is 12.8 Å². The first-order chi connectivity index (χ1) is 11.0. The van der Waals surface area contributed by atoms with E-state index in [1.54, 1.807) is 18.2 Å². The number of halogens is 2. The van der Waals surface area contributed by atoms with Crippen LogP contribution < -0.4 is 14.2 Å². The molecule has 8 heteroatoms. The Hall–Kier alpha value is -1.83. The van der Waals surface area contributed by atoms with Gasteiger partial charge in [-0.3, -0.25) is 0 Å². The molecule has 0 fully saturated rings. The Morgan fingerprint density at radius 2 is 1.83 bits per heavy atom. The first-order valence-electron chi connectivity index (χ1n) is 6.79. The first kappa shape index (κ1) is 16.0. The lowest BCUT2D eigenvalue weighted by Crippen LogP contribution is -2.24. The van der Waals surface area contributed by atoms with Gasteiger partial charge in [0.25, 0.3) is 0 Å². The maximum atomic E-state index is 13.8. The molecule has 3 rings (SSSR count). The molecule has 0 spiro atoms. The summed E-state index contributed by atoms with van der Waals surface area (Å²) in [5.74, 6) is 0.282. The summed E-state index contributed by atoms with van der Waals surface area (Å²) in [6, 6.07) is 8.53. The second kappa shape index (κ2) is 6.35. The van der Waals surface area contributed by atoms with E-state index in [1.165, 1.54) is 6.07 Å². The zero-order valence-electron chi connectivity index (χ0n) is 11.9. The van der Waals surface area contributed by atoms with Gasteiger partial charge in [0.1, 0.15) is 23.9 Å². The Bertz CT molecular complexity index is 841. The van der Waals surface area contributed by atoms with Gasteiger partial charge in [-0.25, -0.2) is 17.5 Å². The average molecular weight is 358 g/mol. The van der Waals surface area contributed by atoms with Crippen LogP contribution in [0.3, 0.4) is 0 Å². The van der Waals surface area contributed by atoms with Crippen LogP contribution in [0.1, 0.15) is 5.56 Å². The van der Waals surface area contributed by atoms with Crippen LogP contribution in [0.15, 0.2) is 41.3 Å². The van der Waals surface area contributed by atoms with Crippen molar-refractivity contribution >= 4 is 21.6 Å². The van der Waals surface area contributed by atoms with Crippen molar-refractivity contribution in [3.8, 4) is 11.5 Å². The number of hydrogen-bond donors (Lipinski definition) is 1. The summed E-state index contributed by atoms with van der Waals surface area (Å²) in [4.78, 5) is -0.445. The molecular formula is C15H13ClFNO4S. The molecule has 23 heavy (non-hydrogen) atoms. The number of benzene rings is 2. The lowest BCUT2D eigenvalue weighted by atomic mass is 10.2. The maximum Gasteiger partial charge on any atom is 0.243 e. The van der Waals surface area contributed by atoms with Crippen LogP contribution in [0.5, 0.6) is 11.5 Å². The van der Waals surface area contributed by atoms with E-state index in [-0.39, 0.29) is 11.6 Å². The molecule has 2 aromatic carbocycles. The minimum Gasteiger partial charge on any atom is -0.486 e. The zero-order valence-corrected chi connectivity index (χ0v) is 13.5. The van der Waals surface area contributed by atoms with Crippen molar-refractivity contribution in [2.24, 2.45) is 0 Å². The van der Waals surface area contributed by atoms with Gasteiger partial charge in [0.05, 0.1) is 0 Å². The standard InChI is InChI=1S/C15H13ClFNO4S/c16-11-2-4-15(12(17)8-11)23(19,20)18-9-10-1-3-13-14(7-10)22-6-5-21-13/h1-4,7-8,18H,5-6,9H2. The van der Waals surface area contributed by atoms with E-state index in [1.807, 2.05) is 0 Å². The predicted molar refractivity (Wildman–Crippen MR) is 82.9 cm³/mol. The number of sulfonamides is 1. The molecule has 0 radical (unpaired) electrons. The van der Waals surface area contributed by atoms with E-state index in [0.717, 1.165) is 12.1 Å². The van der Waals surface area contributed by atoms with Crippen LogP contribution in [-0.2, 0) is 16.6 Å². The molecule has 0 aromatic heterocycles. The summed E-state index contributed by atoms with van der Waals surface area (Å²) in [6.45, 7) is 0.925. The van der Waals surface area contributed by atoms with Gasteiger partial charge in [-0.2, -0.15) is 0 Å². The molecule has 0 bridgehead atoms. The third kappa shape index (κ3) is 3.57. The van der Waals surface area contributed by atoms with E-state index < -0.39 is 20.7 Å². The lowest BCUT2D eigenvalue weighted by molar-refractivity contribution is 0.171. The fraction of sp³-hybridized carbons (Fsp3) is 0.200. The van der Waals surface area contributed by atoms with Gasteiger partial charge in [-0.05, 0) is 35.9 Å². The van der Waals surface area contributed by atoms with E-state index in [0.29, 0.717) is 30.3 Å². The fourth-order valence-electron chi connectivity index (χ4n) is 2.15. The highest BCUT2D eigenvalue weighted by molar-refractivity contribution is 7.89. The maximum absolute atomic E-state index is 13.8. The molecule has 0 unspecified atom stereocenters. The third-order valence-electron chi connectivity index (χ3n) is 3.26. The van der Waals surface area contributed by atoms with Crippen LogP contribution in [0.2, 0.25) is 5.02 Å². The summed E-state index contributed by atoms with van der Waals surface area (Å²) in [7, 11) is -3.98. The SMILES string of the molecule is O=S(=O)(NCc1ccc2c(c1)OCCO2)c1ccc(Cl)cc1F. The van der Waals surface area contributed by atoms with Crippen molar-refractivity contribution in [2.45, 2.75) is 11.4 Å². The minimum atomic E-state index is -3.98. The van der Waals surface area contributed by atoms with Crippen LogP contribution in [0, 0.1) is 5.82 Å². The summed E-state index contributed by atoms with van der Waals surface area (Å²) < 4.78 is 51.3. The van der Waals surface area contributed by atoms with Crippen LogP contribution in [0.25, 0.3) is 0 Å². The molecule has 1 heterocycles. The van der Waals surface area contributed by atoms with Crippen molar-refractivity contribution in [3.63, 3.8) is 0 Å². The fourth-order valence-corrected chi connectivity index (χ4v) is 3.38. The van der Waals surface area contributed by atoms with Gasteiger partial charge in [-0.15, -0.1) is 0 Å². The van der Waals surface area contributed by atoms with Crippen molar-refractivity contribution < 1.29 is 22.3 Å². The molecule has 0 amide bonds. The molecule has 122 valence electrons. The number of ether oxygens (including phenoxy) is 2. The van der Waals surface area contributed by atoms with Gasteiger partial charge in [0.2, 0.25) is 10.0 Å². The second-order valence-corrected chi connectivity index (χ2v) is 7.05. The van der Waals surface area contributed by atoms with Gasteiger partial charge < -0.3 is 9.47 Å². The van der Waals surface area contributed by atoms with Crippen LogP contribution in [-0.4, -0.2) is 21.6 Å². The molecule has 0 saturated heterocycles. The summed E-state index contributed by atoms with van der Waals surface area (Å²) >= 11 is 5.63. The zero-order chi connectivity index (χ0) is 16.4. The van der Waals surface area contributed by atoms with Gasteiger partial charge in [-0.1, -0.05) is 17.7 Å². The molecule has 0 saturated carbocycles. The topological polar surface area (TPSA) is 64.6 Å². The molecule has 0 atom stereocenters. The molecule has 1 N–H and O–H groups in total. The monoisotopic (exact) mass is 357 g/mol. The number of nitrogens with one attached hydrogen (secondary N) is 1. The Kier molecular flexibility index (Phi) is 4.43. The second-order valence-electron chi connectivity index (χ2n) is 4.88. The Morgan fingerprint density at radius 3 is 2.57 bits per heavy atom. The highest BCUT2D eigenvalue weighted by Crippen LogP contribution is 2.30. The third-order valence-corrected chi connectivity index (χ3v) is 4.93. The van der Waals surface area contributed by atoms with E-state index >= 15 is 0 Å². The van der Waals surface area contributed by atoms with Crippen LogP contribution in [0.4, 0.5) is 4.39 Å². The van der Waals surface area contributed by atoms with Gasteiger partial charge >= 0.3 is 0 Å². The highest BCUT2D eigenvalue weighted by Gasteiger charge is 2.19. The summed E-state index contributed by atoms with van der Waals surface area (Å²) in [5.41, 5.74) is 0.673. The average Bonchev–Trinajstić information content (AvgIpc) is 2.52. The van der Waals surface area contributed by atoms with Gasteiger partial charge in [0.15, 0.2) is 11.5 Å². The van der Waals surface area contributed by atoms with Crippen molar-refractivity contribution in [1.29, 1.82) is 0 Å². The quantitative estimate of drug-likeness (QED) is 0.913. The highest BCUT2D eigenvalue weighted by atomic mass is 35.5.